The van der Waals surface area contributed by atoms with E-state index < -0.39 is 0 Å². The van der Waals surface area contributed by atoms with E-state index in [-0.39, 0.29) is 11.8 Å². The number of hydrogen-bond acceptors (Lipinski definition) is 2. The minimum atomic E-state index is 0.166. The Balaban J connectivity index is 2.34. The Morgan fingerprint density at radius 2 is 2.13 bits per heavy atom. The number of carbonyl (C=O) groups excluding carboxylic acids is 1. The standard InChI is InChI=1S/C12H24N2O/c1-8(2)7-9(3)14-12(15)11-5-6-13-10(11)4/h8-11,13H,5-7H2,1-4H3,(H,14,15). The summed E-state index contributed by atoms with van der Waals surface area (Å²) in [5, 5.41) is 6.41. The summed E-state index contributed by atoms with van der Waals surface area (Å²) in [5.41, 5.74) is 0. The van der Waals surface area contributed by atoms with Gasteiger partial charge in [-0.1, -0.05) is 13.8 Å². The average Bonchev–Trinajstić information content (AvgIpc) is 2.49. The Hall–Kier alpha value is -0.570. The monoisotopic (exact) mass is 212 g/mol. The van der Waals surface area contributed by atoms with Crippen LogP contribution >= 0.6 is 0 Å². The fourth-order valence-electron chi connectivity index (χ4n) is 2.33. The normalized spacial score (nSPS) is 28.1. The summed E-state index contributed by atoms with van der Waals surface area (Å²) in [6.07, 6.45) is 2.03. The minimum Gasteiger partial charge on any atom is -0.353 e. The zero-order valence-corrected chi connectivity index (χ0v) is 10.3. The lowest BCUT2D eigenvalue weighted by Crippen LogP contribution is -2.41. The molecule has 1 aliphatic rings. The zero-order valence-electron chi connectivity index (χ0n) is 10.3. The summed E-state index contributed by atoms with van der Waals surface area (Å²) in [5.74, 6) is 1.03. The van der Waals surface area contributed by atoms with Gasteiger partial charge >= 0.3 is 0 Å². The molecule has 3 nitrogen and oxygen atoms in total. The summed E-state index contributed by atoms with van der Waals surface area (Å²) >= 11 is 0. The van der Waals surface area contributed by atoms with E-state index in [0.29, 0.717) is 18.0 Å². The SMILES string of the molecule is CC(C)CC(C)NC(=O)C1CCNC1C. The Morgan fingerprint density at radius 3 is 2.60 bits per heavy atom. The molecule has 3 unspecified atom stereocenters. The van der Waals surface area contributed by atoms with Crippen LogP contribution in [0.15, 0.2) is 0 Å². The van der Waals surface area contributed by atoms with Gasteiger partial charge in [-0.2, -0.15) is 0 Å². The average molecular weight is 212 g/mol. The molecule has 1 heterocycles. The minimum absolute atomic E-state index is 0.166. The molecule has 0 radical (unpaired) electrons. The van der Waals surface area contributed by atoms with Gasteiger partial charge in [0.1, 0.15) is 0 Å². The highest BCUT2D eigenvalue weighted by atomic mass is 16.2. The molecule has 3 heteroatoms. The molecule has 2 N–H and O–H groups in total. The third-order valence-electron chi connectivity index (χ3n) is 3.08. The first-order chi connectivity index (χ1) is 7.00. The Kier molecular flexibility index (Phi) is 4.58. The maximum Gasteiger partial charge on any atom is 0.224 e. The van der Waals surface area contributed by atoms with Crippen LogP contribution in [-0.4, -0.2) is 24.5 Å². The quantitative estimate of drug-likeness (QED) is 0.742. The molecular weight excluding hydrogens is 188 g/mol. The van der Waals surface area contributed by atoms with Gasteiger partial charge in [0, 0.05) is 12.1 Å². The summed E-state index contributed by atoms with van der Waals surface area (Å²) in [4.78, 5) is 11.9. The Labute approximate surface area is 93.0 Å². The van der Waals surface area contributed by atoms with Crippen LogP contribution in [0.25, 0.3) is 0 Å². The van der Waals surface area contributed by atoms with E-state index in [1.807, 2.05) is 0 Å². The predicted octanol–water partition coefficient (Wildman–Crippen LogP) is 1.54. The maximum atomic E-state index is 11.9. The van der Waals surface area contributed by atoms with Crippen LogP contribution in [0.2, 0.25) is 0 Å². The first kappa shape index (κ1) is 12.5. The van der Waals surface area contributed by atoms with Crippen molar-refractivity contribution in [3.63, 3.8) is 0 Å². The molecule has 15 heavy (non-hydrogen) atoms. The molecule has 0 aromatic carbocycles. The van der Waals surface area contributed by atoms with Crippen LogP contribution in [0.1, 0.15) is 40.5 Å². The third kappa shape index (κ3) is 3.82. The number of amides is 1. The van der Waals surface area contributed by atoms with Gasteiger partial charge in [0.05, 0.1) is 5.92 Å². The molecule has 0 spiro atoms. The van der Waals surface area contributed by atoms with Crippen LogP contribution in [0, 0.1) is 11.8 Å². The molecule has 0 saturated carbocycles. The topological polar surface area (TPSA) is 41.1 Å². The van der Waals surface area contributed by atoms with E-state index in [1.165, 1.54) is 0 Å². The lowest BCUT2D eigenvalue weighted by molar-refractivity contribution is -0.125. The van der Waals surface area contributed by atoms with Crippen molar-refractivity contribution in [2.24, 2.45) is 11.8 Å². The van der Waals surface area contributed by atoms with Crippen molar-refractivity contribution in [1.29, 1.82) is 0 Å². The van der Waals surface area contributed by atoms with Gasteiger partial charge in [-0.15, -0.1) is 0 Å². The van der Waals surface area contributed by atoms with Crippen molar-refractivity contribution in [2.45, 2.75) is 52.6 Å². The fourth-order valence-corrected chi connectivity index (χ4v) is 2.33. The van der Waals surface area contributed by atoms with Crippen LogP contribution < -0.4 is 10.6 Å². The van der Waals surface area contributed by atoms with Gasteiger partial charge < -0.3 is 10.6 Å². The summed E-state index contributed by atoms with van der Waals surface area (Å²) < 4.78 is 0. The molecule has 1 aliphatic heterocycles. The van der Waals surface area contributed by atoms with Crippen molar-refractivity contribution >= 4 is 5.91 Å². The molecule has 0 aromatic rings. The molecule has 0 bridgehead atoms. The van der Waals surface area contributed by atoms with Gasteiger partial charge in [-0.25, -0.2) is 0 Å². The van der Waals surface area contributed by atoms with E-state index in [1.54, 1.807) is 0 Å². The number of rotatable bonds is 4. The molecule has 1 saturated heterocycles. The predicted molar refractivity (Wildman–Crippen MR) is 62.6 cm³/mol. The van der Waals surface area contributed by atoms with E-state index in [4.69, 9.17) is 0 Å². The largest absolute Gasteiger partial charge is 0.353 e. The summed E-state index contributed by atoms with van der Waals surface area (Å²) in [6, 6.07) is 0.626. The maximum absolute atomic E-state index is 11.9. The lowest BCUT2D eigenvalue weighted by Gasteiger charge is -2.20. The molecule has 0 aliphatic carbocycles. The lowest BCUT2D eigenvalue weighted by atomic mass is 9.99. The fraction of sp³-hybridized carbons (Fsp3) is 0.917. The van der Waals surface area contributed by atoms with E-state index in [0.717, 1.165) is 19.4 Å². The van der Waals surface area contributed by atoms with Gasteiger partial charge in [-0.05, 0) is 39.2 Å². The van der Waals surface area contributed by atoms with Crippen molar-refractivity contribution < 1.29 is 4.79 Å². The number of carbonyl (C=O) groups is 1. The highest BCUT2D eigenvalue weighted by Gasteiger charge is 2.29. The van der Waals surface area contributed by atoms with Crippen LogP contribution in [0.3, 0.4) is 0 Å². The molecule has 1 fully saturated rings. The highest BCUT2D eigenvalue weighted by molar-refractivity contribution is 5.79. The van der Waals surface area contributed by atoms with Crippen molar-refractivity contribution in [2.75, 3.05) is 6.54 Å². The van der Waals surface area contributed by atoms with Crippen LogP contribution in [-0.2, 0) is 4.79 Å². The molecule has 88 valence electrons. The third-order valence-corrected chi connectivity index (χ3v) is 3.08. The summed E-state index contributed by atoms with van der Waals surface area (Å²) in [7, 11) is 0. The van der Waals surface area contributed by atoms with Gasteiger partial charge in [0.15, 0.2) is 0 Å². The highest BCUT2D eigenvalue weighted by Crippen LogP contribution is 2.15. The smallest absolute Gasteiger partial charge is 0.224 e. The van der Waals surface area contributed by atoms with Gasteiger partial charge in [0.2, 0.25) is 5.91 Å². The van der Waals surface area contributed by atoms with Gasteiger partial charge in [-0.3, -0.25) is 4.79 Å². The van der Waals surface area contributed by atoms with Crippen molar-refractivity contribution in [3.8, 4) is 0 Å². The van der Waals surface area contributed by atoms with E-state index >= 15 is 0 Å². The summed E-state index contributed by atoms with van der Waals surface area (Å²) in [6.45, 7) is 9.51. The second-order valence-corrected chi connectivity index (χ2v) is 5.18. The van der Waals surface area contributed by atoms with Crippen molar-refractivity contribution in [3.05, 3.63) is 0 Å². The second kappa shape index (κ2) is 5.50. The zero-order chi connectivity index (χ0) is 11.4. The molecular formula is C12H24N2O. The molecule has 0 aromatic heterocycles. The second-order valence-electron chi connectivity index (χ2n) is 5.18. The molecule has 1 amide bonds. The first-order valence-corrected chi connectivity index (χ1v) is 6.04. The van der Waals surface area contributed by atoms with E-state index in [2.05, 4.69) is 38.3 Å². The van der Waals surface area contributed by atoms with Crippen LogP contribution in [0.5, 0.6) is 0 Å². The number of nitrogens with one attached hydrogen (secondary N) is 2. The Bertz CT molecular complexity index is 216. The van der Waals surface area contributed by atoms with Crippen molar-refractivity contribution in [1.82, 2.24) is 10.6 Å². The molecule has 1 rings (SSSR count). The first-order valence-electron chi connectivity index (χ1n) is 6.04. The van der Waals surface area contributed by atoms with Crippen LogP contribution in [0.4, 0.5) is 0 Å². The Morgan fingerprint density at radius 1 is 1.47 bits per heavy atom. The number of hydrogen-bond donors (Lipinski definition) is 2. The van der Waals surface area contributed by atoms with Gasteiger partial charge in [0.25, 0.3) is 0 Å². The molecule has 3 atom stereocenters. The van der Waals surface area contributed by atoms with E-state index in [9.17, 15) is 4.79 Å².